The van der Waals surface area contributed by atoms with Gasteiger partial charge in [0.25, 0.3) is 0 Å². The highest BCUT2D eigenvalue weighted by Gasteiger charge is 2.25. The monoisotopic (exact) mass is 294 g/mol. The van der Waals surface area contributed by atoms with E-state index in [0.29, 0.717) is 19.0 Å². The molecule has 1 heterocycles. The van der Waals surface area contributed by atoms with E-state index < -0.39 is 0 Å². The molecule has 0 aliphatic carbocycles. The minimum absolute atomic E-state index is 0. The summed E-state index contributed by atoms with van der Waals surface area (Å²) in [6.07, 6.45) is 3.59. The first-order valence-electron chi connectivity index (χ1n) is 5.70. The fraction of sp³-hybridized carbons (Fsp3) is 0.667. The fourth-order valence-electron chi connectivity index (χ4n) is 1.32. The Labute approximate surface area is 122 Å². The average molecular weight is 295 g/mol. The fourth-order valence-corrected chi connectivity index (χ4v) is 1.32. The zero-order valence-corrected chi connectivity index (χ0v) is 13.1. The van der Waals surface area contributed by atoms with Crippen LogP contribution in [0.5, 0.6) is 0 Å². The topological polar surface area (TPSA) is 63.8 Å². The Morgan fingerprint density at radius 3 is 2.28 bits per heavy atom. The Bertz CT molecular complexity index is 329. The second-order valence-corrected chi connectivity index (χ2v) is 4.78. The third kappa shape index (κ3) is 5.48. The van der Waals surface area contributed by atoms with Gasteiger partial charge in [-0.25, -0.2) is 0 Å². The van der Waals surface area contributed by atoms with Crippen LogP contribution in [0.3, 0.4) is 0 Å². The molecule has 0 aliphatic rings. The van der Waals surface area contributed by atoms with Crippen molar-refractivity contribution in [1.82, 2.24) is 15.3 Å². The third-order valence-electron chi connectivity index (χ3n) is 3.21. The van der Waals surface area contributed by atoms with E-state index in [9.17, 15) is 0 Å². The van der Waals surface area contributed by atoms with Gasteiger partial charge in [0.1, 0.15) is 0 Å². The summed E-state index contributed by atoms with van der Waals surface area (Å²) < 4.78 is 0. The number of aryl methyl sites for hydroxylation is 1. The molecule has 0 aromatic carbocycles. The van der Waals surface area contributed by atoms with Crippen molar-refractivity contribution in [1.29, 1.82) is 0 Å². The van der Waals surface area contributed by atoms with Crippen LogP contribution >= 0.6 is 24.8 Å². The van der Waals surface area contributed by atoms with Crippen LogP contribution in [-0.4, -0.2) is 22.1 Å². The van der Waals surface area contributed by atoms with Crippen LogP contribution in [0.15, 0.2) is 12.4 Å². The summed E-state index contributed by atoms with van der Waals surface area (Å²) >= 11 is 0. The van der Waals surface area contributed by atoms with Gasteiger partial charge in [-0.2, -0.15) is 0 Å². The number of hydrogen-bond acceptors (Lipinski definition) is 4. The number of hydrogen-bond donors (Lipinski definition) is 2. The molecule has 106 valence electrons. The molecular weight excluding hydrogens is 271 g/mol. The molecule has 18 heavy (non-hydrogen) atoms. The number of rotatable bonds is 5. The maximum absolute atomic E-state index is 5.80. The second-order valence-electron chi connectivity index (χ2n) is 4.78. The Morgan fingerprint density at radius 2 is 1.89 bits per heavy atom. The number of nitrogens with two attached hydrogens (primary N) is 1. The Hall–Kier alpha value is -0.420. The summed E-state index contributed by atoms with van der Waals surface area (Å²) in [4.78, 5) is 8.53. The molecule has 0 saturated heterocycles. The van der Waals surface area contributed by atoms with E-state index >= 15 is 0 Å². The number of nitrogens with zero attached hydrogens (tertiary/aromatic N) is 2. The van der Waals surface area contributed by atoms with Gasteiger partial charge in [0.15, 0.2) is 0 Å². The Balaban J connectivity index is 0. The van der Waals surface area contributed by atoms with Gasteiger partial charge in [-0.05, 0) is 19.8 Å². The molecule has 1 rings (SSSR count). The van der Waals surface area contributed by atoms with Gasteiger partial charge >= 0.3 is 0 Å². The smallest absolute Gasteiger partial charge is 0.0724 e. The zero-order valence-electron chi connectivity index (χ0n) is 11.4. The molecule has 1 aromatic heterocycles. The van der Waals surface area contributed by atoms with Crippen molar-refractivity contribution in [2.24, 2.45) is 11.7 Å². The largest absolute Gasteiger partial charge is 0.329 e. The summed E-state index contributed by atoms with van der Waals surface area (Å²) in [5, 5.41) is 3.45. The minimum atomic E-state index is -0.0490. The zero-order chi connectivity index (χ0) is 12.2. The van der Waals surface area contributed by atoms with Crippen LogP contribution in [0.2, 0.25) is 0 Å². The number of aromatic nitrogens is 2. The van der Waals surface area contributed by atoms with Gasteiger partial charge in [0.2, 0.25) is 0 Å². The first-order chi connectivity index (χ1) is 7.48. The van der Waals surface area contributed by atoms with E-state index in [1.807, 2.05) is 6.92 Å². The predicted octanol–water partition coefficient (Wildman–Crippen LogP) is 2.09. The third-order valence-corrected chi connectivity index (χ3v) is 3.21. The SMILES string of the molecule is Cc1cnc(CNC(C)(CN)C(C)C)cn1.Cl.Cl. The van der Waals surface area contributed by atoms with Crippen molar-refractivity contribution < 1.29 is 0 Å². The lowest BCUT2D eigenvalue weighted by Gasteiger charge is -2.33. The molecule has 0 saturated carbocycles. The van der Waals surface area contributed by atoms with E-state index in [1.165, 1.54) is 0 Å². The molecule has 0 radical (unpaired) electrons. The molecule has 6 heteroatoms. The van der Waals surface area contributed by atoms with E-state index in [-0.39, 0.29) is 30.4 Å². The predicted molar refractivity (Wildman–Crippen MR) is 80.4 cm³/mol. The maximum atomic E-state index is 5.80. The average Bonchev–Trinajstić information content (AvgIpc) is 2.27. The highest BCUT2D eigenvalue weighted by Crippen LogP contribution is 2.15. The van der Waals surface area contributed by atoms with Crippen molar-refractivity contribution in [3.05, 3.63) is 23.8 Å². The van der Waals surface area contributed by atoms with Crippen LogP contribution < -0.4 is 11.1 Å². The van der Waals surface area contributed by atoms with Gasteiger partial charge in [-0.3, -0.25) is 9.97 Å². The van der Waals surface area contributed by atoms with Gasteiger partial charge in [-0.15, -0.1) is 24.8 Å². The van der Waals surface area contributed by atoms with E-state index in [2.05, 4.69) is 36.1 Å². The molecule has 0 spiro atoms. The molecule has 0 amide bonds. The lowest BCUT2D eigenvalue weighted by molar-refractivity contribution is 0.266. The molecule has 4 nitrogen and oxygen atoms in total. The first kappa shape index (κ1) is 19.9. The van der Waals surface area contributed by atoms with Crippen LogP contribution in [-0.2, 0) is 6.54 Å². The molecule has 0 bridgehead atoms. The summed E-state index contributed by atoms with van der Waals surface area (Å²) in [5.41, 5.74) is 7.64. The minimum Gasteiger partial charge on any atom is -0.329 e. The van der Waals surface area contributed by atoms with E-state index in [4.69, 9.17) is 5.73 Å². The Morgan fingerprint density at radius 1 is 1.28 bits per heavy atom. The molecule has 0 fully saturated rings. The summed E-state index contributed by atoms with van der Waals surface area (Å²) in [5.74, 6) is 0.482. The van der Waals surface area contributed by atoms with Gasteiger partial charge in [0, 0.05) is 31.0 Å². The highest BCUT2D eigenvalue weighted by atomic mass is 35.5. The van der Waals surface area contributed by atoms with Crippen LogP contribution in [0.25, 0.3) is 0 Å². The molecular formula is C12H24Cl2N4. The lowest BCUT2D eigenvalue weighted by Crippen LogP contribution is -2.52. The summed E-state index contributed by atoms with van der Waals surface area (Å²) in [6.45, 7) is 9.73. The summed E-state index contributed by atoms with van der Waals surface area (Å²) in [7, 11) is 0. The van der Waals surface area contributed by atoms with Gasteiger partial charge in [-0.1, -0.05) is 13.8 Å². The normalized spacial score (nSPS) is 13.4. The van der Waals surface area contributed by atoms with Crippen molar-refractivity contribution in [3.63, 3.8) is 0 Å². The second kappa shape index (κ2) is 8.64. The van der Waals surface area contributed by atoms with Crippen LogP contribution in [0.1, 0.15) is 32.2 Å². The molecule has 3 N–H and O–H groups in total. The first-order valence-corrected chi connectivity index (χ1v) is 5.70. The lowest BCUT2D eigenvalue weighted by atomic mass is 9.88. The maximum Gasteiger partial charge on any atom is 0.0724 e. The standard InChI is InChI=1S/C12H22N4.2ClH/c1-9(2)12(4,8-13)16-7-11-6-14-10(3)5-15-11;;/h5-6,9,16H,7-8,13H2,1-4H3;2*1H. The van der Waals surface area contributed by atoms with Crippen LogP contribution in [0.4, 0.5) is 0 Å². The van der Waals surface area contributed by atoms with Crippen molar-refractivity contribution >= 4 is 24.8 Å². The van der Waals surface area contributed by atoms with Crippen molar-refractivity contribution in [2.45, 2.75) is 39.8 Å². The summed E-state index contributed by atoms with van der Waals surface area (Å²) in [6, 6.07) is 0. The quantitative estimate of drug-likeness (QED) is 0.873. The van der Waals surface area contributed by atoms with E-state index in [0.717, 1.165) is 11.4 Å². The number of halogens is 2. The highest BCUT2D eigenvalue weighted by molar-refractivity contribution is 5.85. The molecule has 1 atom stereocenters. The molecule has 1 unspecified atom stereocenters. The van der Waals surface area contributed by atoms with E-state index in [1.54, 1.807) is 12.4 Å². The number of nitrogens with one attached hydrogen (secondary N) is 1. The Kier molecular flexibility index (Phi) is 9.56. The van der Waals surface area contributed by atoms with Crippen LogP contribution in [0, 0.1) is 12.8 Å². The van der Waals surface area contributed by atoms with Gasteiger partial charge < -0.3 is 11.1 Å². The van der Waals surface area contributed by atoms with Crippen molar-refractivity contribution in [3.8, 4) is 0 Å². The molecule has 0 aliphatic heterocycles. The van der Waals surface area contributed by atoms with Crippen molar-refractivity contribution in [2.75, 3.05) is 6.54 Å². The molecule has 1 aromatic rings. The van der Waals surface area contributed by atoms with Gasteiger partial charge in [0.05, 0.1) is 11.4 Å².